The monoisotopic (exact) mass is 193 g/mol. The van der Waals surface area contributed by atoms with Crippen molar-refractivity contribution >= 4 is 0 Å². The van der Waals surface area contributed by atoms with Crippen LogP contribution in [0.25, 0.3) is 0 Å². The molecule has 0 aliphatic heterocycles. The van der Waals surface area contributed by atoms with Crippen LogP contribution in [-0.2, 0) is 5.15 Å². The molecular weight excluding hydrogens is 193 g/mol. The van der Waals surface area contributed by atoms with Crippen molar-refractivity contribution in [3.05, 3.63) is 0 Å². The first-order chi connectivity index (χ1) is 1.41. The molecule has 0 aromatic heterocycles. The third-order valence-electron chi connectivity index (χ3n) is 0. The fourth-order valence-electron chi connectivity index (χ4n) is 0. The van der Waals surface area contributed by atoms with E-state index in [4.69, 9.17) is 9.05 Å². The zero-order chi connectivity index (χ0) is 2.71. The Balaban J connectivity index is 0. The van der Waals surface area contributed by atoms with E-state index in [0.29, 0.717) is 0 Å². The molecule has 0 saturated carbocycles. The average Bonchev–Trinajstić information content (AvgIpc) is 0.918. The minimum Gasteiger partial charge on any atom is -0.0104 e. The van der Waals surface area contributed by atoms with Crippen molar-refractivity contribution in [3.8, 4) is 0 Å². The topological polar surface area (TPSA) is 9.23 Å². The van der Waals surface area contributed by atoms with E-state index in [1.165, 1.54) is 5.15 Å². The first kappa shape index (κ1) is 8.89. The molecular formula is F2LaO. The summed E-state index contributed by atoms with van der Waals surface area (Å²) >= 11 is 0. The van der Waals surface area contributed by atoms with Crippen LogP contribution in [0.15, 0.2) is 0 Å². The normalized spacial score (nSPS) is 4.50. The van der Waals surface area contributed by atoms with Gasteiger partial charge in [-0.3, -0.25) is 0 Å². The van der Waals surface area contributed by atoms with Gasteiger partial charge in [0.1, 0.15) is 0 Å². The Morgan fingerprint density at radius 2 is 1.25 bits per heavy atom. The summed E-state index contributed by atoms with van der Waals surface area (Å²) in [5.41, 5.74) is 0. The van der Waals surface area contributed by atoms with Crippen molar-refractivity contribution in [3.63, 3.8) is 0 Å². The van der Waals surface area contributed by atoms with Crippen LogP contribution in [0, 0.1) is 35.6 Å². The van der Waals surface area contributed by atoms with E-state index in [9.17, 15) is 0 Å². The van der Waals surface area contributed by atoms with E-state index in [0.717, 1.165) is 0 Å². The fourth-order valence-corrected chi connectivity index (χ4v) is 0. The maximum absolute atomic E-state index is 9.12. The molecule has 0 rings (SSSR count). The Morgan fingerprint density at radius 3 is 1.25 bits per heavy atom. The number of hydrogen-bond acceptors (Lipinski definition) is 1. The van der Waals surface area contributed by atoms with Crippen molar-refractivity contribution in [2.75, 3.05) is 0 Å². The molecule has 0 aliphatic rings. The Kier molecular flexibility index (Phi) is 20.0. The van der Waals surface area contributed by atoms with Gasteiger partial charge in [0.2, 0.25) is 0 Å². The predicted molar refractivity (Wildman–Crippen MR) is 3.30 cm³/mol. The maximum Gasteiger partial charge on any atom is 0.0209 e. The van der Waals surface area contributed by atoms with Gasteiger partial charge in [-0.25, -0.2) is 0 Å². The molecule has 0 spiro atoms. The average molecular weight is 193 g/mol. The van der Waals surface area contributed by atoms with E-state index in [-0.39, 0.29) is 35.6 Å². The summed E-state index contributed by atoms with van der Waals surface area (Å²) in [6.07, 6.45) is 0. The second-order valence-electron chi connectivity index (χ2n) is 0.0583. The molecule has 0 heterocycles. The summed E-state index contributed by atoms with van der Waals surface area (Å²) in [6.45, 7) is 0. The third-order valence-corrected chi connectivity index (χ3v) is 0. The zero-order valence-electron chi connectivity index (χ0n) is 1.74. The summed E-state index contributed by atoms with van der Waals surface area (Å²) < 4.78 is 18.2. The molecule has 0 N–H and O–H groups in total. The molecule has 4 heteroatoms. The molecule has 1 radical (unpaired) electrons. The molecule has 0 amide bonds. The van der Waals surface area contributed by atoms with Gasteiger partial charge < -0.3 is 0 Å². The maximum atomic E-state index is 9.12. The Labute approximate surface area is 49.7 Å². The molecule has 0 aromatic rings. The van der Waals surface area contributed by atoms with E-state index < -0.39 is 0 Å². The Morgan fingerprint density at radius 1 is 1.25 bits per heavy atom. The zero-order valence-corrected chi connectivity index (χ0v) is 5.37. The van der Waals surface area contributed by atoms with Gasteiger partial charge >= 0.3 is 0 Å². The van der Waals surface area contributed by atoms with E-state index in [1.54, 1.807) is 0 Å². The van der Waals surface area contributed by atoms with Crippen molar-refractivity contribution in [2.24, 2.45) is 0 Å². The standard InChI is InChI=1S/F2O.La/c1-3-2;. The largest absolute Gasteiger partial charge is 0.0209 e. The van der Waals surface area contributed by atoms with Crippen molar-refractivity contribution in [2.45, 2.75) is 0 Å². The smallest absolute Gasteiger partial charge is 0.0104 e. The molecule has 0 aromatic carbocycles. The van der Waals surface area contributed by atoms with Crippen LogP contribution >= 0.6 is 0 Å². The van der Waals surface area contributed by atoms with Crippen molar-refractivity contribution in [1.29, 1.82) is 0 Å². The molecule has 0 saturated heterocycles. The molecule has 0 unspecified atom stereocenters. The van der Waals surface area contributed by atoms with Crippen LogP contribution in [0.1, 0.15) is 0 Å². The van der Waals surface area contributed by atoms with Gasteiger partial charge in [0.15, 0.2) is 0 Å². The van der Waals surface area contributed by atoms with Gasteiger partial charge in [-0.05, 0) is 9.05 Å². The van der Waals surface area contributed by atoms with Crippen LogP contribution in [0.2, 0.25) is 0 Å². The number of hydrogen-bond donors (Lipinski definition) is 0. The second-order valence-corrected chi connectivity index (χ2v) is 0.0583. The van der Waals surface area contributed by atoms with Crippen molar-refractivity contribution < 1.29 is 49.8 Å². The van der Waals surface area contributed by atoms with Crippen LogP contribution in [0.5, 0.6) is 0 Å². The first-order valence-corrected chi connectivity index (χ1v) is 0.309. The van der Waals surface area contributed by atoms with E-state index in [2.05, 4.69) is 0 Å². The van der Waals surface area contributed by atoms with Crippen LogP contribution in [-0.4, -0.2) is 0 Å². The SMILES string of the molecule is FOF.[La]. The molecule has 0 aliphatic carbocycles. The number of rotatable bonds is 0. The van der Waals surface area contributed by atoms with Crippen LogP contribution in [0.4, 0.5) is 9.05 Å². The summed E-state index contributed by atoms with van der Waals surface area (Å²) in [6, 6.07) is 0. The van der Waals surface area contributed by atoms with Crippen LogP contribution < -0.4 is 0 Å². The minimum absolute atomic E-state index is 0. The summed E-state index contributed by atoms with van der Waals surface area (Å²) in [5, 5.41) is 1.25. The molecule has 0 bridgehead atoms. The Hall–Kier alpha value is 1.01. The van der Waals surface area contributed by atoms with E-state index >= 15 is 0 Å². The number of halogens is 2. The molecule has 0 fully saturated rings. The second kappa shape index (κ2) is 8.99. The van der Waals surface area contributed by atoms with Gasteiger partial charge in [-0.1, -0.05) is 0 Å². The molecule has 1 nitrogen and oxygen atoms in total. The quantitative estimate of drug-likeness (QED) is 0.552. The Bertz CT molecular complexity index is 6.00. The first-order valence-electron chi connectivity index (χ1n) is 0.309. The summed E-state index contributed by atoms with van der Waals surface area (Å²) in [7, 11) is 0. The van der Waals surface area contributed by atoms with E-state index in [1.807, 2.05) is 0 Å². The minimum atomic E-state index is 0. The molecule has 4 heavy (non-hydrogen) atoms. The van der Waals surface area contributed by atoms with Gasteiger partial charge in [0.05, 0.1) is 0 Å². The third kappa shape index (κ3) is 11.9. The van der Waals surface area contributed by atoms with Gasteiger partial charge in [-0.2, -0.15) is 0 Å². The van der Waals surface area contributed by atoms with Gasteiger partial charge in [0, 0.05) is 40.7 Å². The molecule has 23 valence electrons. The summed E-state index contributed by atoms with van der Waals surface area (Å²) in [5.74, 6) is 0. The van der Waals surface area contributed by atoms with Gasteiger partial charge in [-0.15, -0.1) is 0 Å². The predicted octanol–water partition coefficient (Wildman–Crippen LogP) is 0.772. The van der Waals surface area contributed by atoms with Crippen LogP contribution in [0.3, 0.4) is 0 Å². The molecule has 0 atom stereocenters. The van der Waals surface area contributed by atoms with Gasteiger partial charge in [0.25, 0.3) is 0 Å². The summed E-state index contributed by atoms with van der Waals surface area (Å²) in [4.78, 5) is 0. The fraction of sp³-hybridized carbons (Fsp3) is 0. The van der Waals surface area contributed by atoms with Crippen molar-refractivity contribution in [1.82, 2.24) is 0 Å².